The summed E-state index contributed by atoms with van der Waals surface area (Å²) in [6.45, 7) is 8.50. The molecule has 1 N–H and O–H groups in total. The largest absolute Gasteiger partial charge is 0.317 e. The average Bonchev–Trinajstić information content (AvgIpc) is 2.90. The van der Waals surface area contributed by atoms with E-state index in [0.717, 1.165) is 0 Å². The van der Waals surface area contributed by atoms with Crippen molar-refractivity contribution in [2.24, 2.45) is 5.41 Å². The Hall–Kier alpha value is -0.380. The van der Waals surface area contributed by atoms with Crippen molar-refractivity contribution in [2.45, 2.75) is 32.7 Å². The monoisotopic (exact) mass is 250 g/mol. The maximum absolute atomic E-state index is 3.49. The molecule has 3 heteroatoms. The molecule has 0 aliphatic carbocycles. The first-order valence-electron chi connectivity index (χ1n) is 6.74. The smallest absolute Gasteiger partial charge is 0.0330 e. The molecule has 0 atom stereocenters. The average molecular weight is 250 g/mol. The molecule has 1 spiro atoms. The summed E-state index contributed by atoms with van der Waals surface area (Å²) in [6.07, 6.45) is 4.18. The van der Waals surface area contributed by atoms with Crippen LogP contribution in [0.1, 0.15) is 29.7 Å². The molecule has 0 amide bonds. The molecular formula is C14H22N2S. The molecule has 3 rings (SSSR count). The lowest BCUT2D eigenvalue weighted by atomic mass is 9.78. The third kappa shape index (κ3) is 2.42. The highest BCUT2D eigenvalue weighted by molar-refractivity contribution is 7.10. The van der Waals surface area contributed by atoms with Gasteiger partial charge in [-0.3, -0.25) is 4.90 Å². The predicted octanol–water partition coefficient (Wildman–Crippen LogP) is 2.63. The van der Waals surface area contributed by atoms with E-state index in [2.05, 4.69) is 28.6 Å². The first kappa shape index (κ1) is 11.7. The lowest BCUT2D eigenvalue weighted by Crippen LogP contribution is -2.38. The van der Waals surface area contributed by atoms with Crippen LogP contribution in [0.4, 0.5) is 0 Å². The number of rotatable bonds is 2. The molecule has 2 saturated heterocycles. The second kappa shape index (κ2) is 4.71. The molecule has 2 aliphatic rings. The molecule has 2 fully saturated rings. The zero-order valence-electron chi connectivity index (χ0n) is 10.7. The molecule has 2 nitrogen and oxygen atoms in total. The van der Waals surface area contributed by atoms with Crippen LogP contribution in [0.2, 0.25) is 0 Å². The summed E-state index contributed by atoms with van der Waals surface area (Å²) < 4.78 is 0. The van der Waals surface area contributed by atoms with Gasteiger partial charge in [0.2, 0.25) is 0 Å². The van der Waals surface area contributed by atoms with Gasteiger partial charge in [-0.15, -0.1) is 11.3 Å². The number of hydrogen-bond acceptors (Lipinski definition) is 3. The molecule has 0 radical (unpaired) electrons. The second-order valence-electron chi connectivity index (χ2n) is 5.74. The van der Waals surface area contributed by atoms with Gasteiger partial charge < -0.3 is 5.32 Å². The van der Waals surface area contributed by atoms with Crippen molar-refractivity contribution in [2.75, 3.05) is 26.2 Å². The topological polar surface area (TPSA) is 15.3 Å². The van der Waals surface area contributed by atoms with Crippen LogP contribution in [0, 0.1) is 12.3 Å². The Labute approximate surface area is 108 Å². The van der Waals surface area contributed by atoms with Crippen LogP contribution < -0.4 is 5.32 Å². The fourth-order valence-corrected chi connectivity index (χ4v) is 4.24. The number of nitrogens with zero attached hydrogens (tertiary/aromatic N) is 1. The van der Waals surface area contributed by atoms with Gasteiger partial charge in [-0.2, -0.15) is 0 Å². The summed E-state index contributed by atoms with van der Waals surface area (Å²) in [7, 11) is 0. The summed E-state index contributed by atoms with van der Waals surface area (Å²) in [5.74, 6) is 0. The van der Waals surface area contributed by atoms with E-state index in [9.17, 15) is 0 Å². The van der Waals surface area contributed by atoms with Gasteiger partial charge in [0.15, 0.2) is 0 Å². The van der Waals surface area contributed by atoms with E-state index >= 15 is 0 Å². The Bertz CT molecular complexity index is 379. The van der Waals surface area contributed by atoms with E-state index in [1.807, 2.05) is 11.3 Å². The van der Waals surface area contributed by atoms with Crippen LogP contribution in [0.25, 0.3) is 0 Å². The minimum atomic E-state index is 0.649. The number of aryl methyl sites for hydroxylation is 1. The number of hydrogen-bond donors (Lipinski definition) is 1. The summed E-state index contributed by atoms with van der Waals surface area (Å²) >= 11 is 1.92. The fourth-order valence-electron chi connectivity index (χ4n) is 3.30. The van der Waals surface area contributed by atoms with Gasteiger partial charge in [-0.05, 0) is 68.2 Å². The van der Waals surface area contributed by atoms with Gasteiger partial charge in [-0.1, -0.05) is 0 Å². The molecular weight excluding hydrogens is 228 g/mol. The molecule has 0 bridgehead atoms. The summed E-state index contributed by atoms with van der Waals surface area (Å²) in [6, 6.07) is 2.25. The zero-order chi connectivity index (χ0) is 11.7. The molecule has 1 aromatic rings. The number of likely N-dealkylation sites (tertiary alicyclic amines) is 1. The van der Waals surface area contributed by atoms with E-state index in [-0.39, 0.29) is 0 Å². The second-order valence-corrected chi connectivity index (χ2v) is 6.74. The van der Waals surface area contributed by atoms with Crippen molar-refractivity contribution in [3.8, 4) is 0 Å². The van der Waals surface area contributed by atoms with Crippen LogP contribution in [-0.4, -0.2) is 31.1 Å². The van der Waals surface area contributed by atoms with Gasteiger partial charge >= 0.3 is 0 Å². The summed E-state index contributed by atoms with van der Waals surface area (Å²) in [5.41, 5.74) is 2.12. The fraction of sp³-hybridized carbons (Fsp3) is 0.714. The van der Waals surface area contributed by atoms with Crippen molar-refractivity contribution in [3.63, 3.8) is 0 Å². The SMILES string of the molecule is Cc1ccsc1CN1CCC2(CCNCC2)C1. The van der Waals surface area contributed by atoms with Crippen molar-refractivity contribution < 1.29 is 0 Å². The van der Waals surface area contributed by atoms with E-state index in [4.69, 9.17) is 0 Å². The Morgan fingerprint density at radius 2 is 2.18 bits per heavy atom. The van der Waals surface area contributed by atoms with Crippen molar-refractivity contribution in [1.29, 1.82) is 0 Å². The van der Waals surface area contributed by atoms with Gasteiger partial charge in [0.25, 0.3) is 0 Å². The molecule has 17 heavy (non-hydrogen) atoms. The first-order chi connectivity index (χ1) is 8.27. The van der Waals surface area contributed by atoms with Crippen LogP contribution in [0.15, 0.2) is 11.4 Å². The van der Waals surface area contributed by atoms with Crippen LogP contribution in [-0.2, 0) is 6.54 Å². The highest BCUT2D eigenvalue weighted by Crippen LogP contribution is 2.39. The standard InChI is InChI=1S/C14H22N2S/c1-12-2-9-17-13(12)10-16-8-5-14(11-16)3-6-15-7-4-14/h2,9,15H,3-8,10-11H2,1H3. The Kier molecular flexibility index (Phi) is 3.24. The third-order valence-corrected chi connectivity index (χ3v) is 5.52. The number of nitrogens with one attached hydrogen (secondary N) is 1. The predicted molar refractivity (Wildman–Crippen MR) is 73.5 cm³/mol. The maximum Gasteiger partial charge on any atom is 0.0330 e. The lowest BCUT2D eigenvalue weighted by Gasteiger charge is -2.33. The van der Waals surface area contributed by atoms with Crippen LogP contribution in [0.3, 0.4) is 0 Å². The minimum absolute atomic E-state index is 0.649. The lowest BCUT2D eigenvalue weighted by molar-refractivity contribution is 0.194. The minimum Gasteiger partial charge on any atom is -0.317 e. The molecule has 0 saturated carbocycles. The van der Waals surface area contributed by atoms with Crippen molar-refractivity contribution in [3.05, 3.63) is 21.9 Å². The normalized spacial score (nSPS) is 24.5. The van der Waals surface area contributed by atoms with Crippen LogP contribution >= 0.6 is 11.3 Å². The Morgan fingerprint density at radius 3 is 2.88 bits per heavy atom. The van der Waals surface area contributed by atoms with E-state index < -0.39 is 0 Å². The first-order valence-corrected chi connectivity index (χ1v) is 7.62. The van der Waals surface area contributed by atoms with E-state index in [0.29, 0.717) is 5.41 Å². The van der Waals surface area contributed by atoms with Gasteiger partial charge in [0, 0.05) is 18.0 Å². The van der Waals surface area contributed by atoms with Gasteiger partial charge in [-0.25, -0.2) is 0 Å². The zero-order valence-corrected chi connectivity index (χ0v) is 11.5. The highest BCUT2D eigenvalue weighted by atomic mass is 32.1. The Balaban J connectivity index is 1.62. The molecule has 0 unspecified atom stereocenters. The summed E-state index contributed by atoms with van der Waals surface area (Å²) in [4.78, 5) is 4.24. The third-order valence-electron chi connectivity index (χ3n) is 4.52. The van der Waals surface area contributed by atoms with Crippen LogP contribution in [0.5, 0.6) is 0 Å². The molecule has 1 aromatic heterocycles. The van der Waals surface area contributed by atoms with Gasteiger partial charge in [0.1, 0.15) is 0 Å². The van der Waals surface area contributed by atoms with E-state index in [1.54, 1.807) is 4.88 Å². The van der Waals surface area contributed by atoms with Crippen molar-refractivity contribution in [1.82, 2.24) is 10.2 Å². The maximum atomic E-state index is 3.49. The summed E-state index contributed by atoms with van der Waals surface area (Å²) in [5, 5.41) is 5.71. The molecule has 2 aliphatic heterocycles. The molecule has 3 heterocycles. The quantitative estimate of drug-likeness (QED) is 0.868. The van der Waals surface area contributed by atoms with Gasteiger partial charge in [0.05, 0.1) is 0 Å². The van der Waals surface area contributed by atoms with E-state index in [1.165, 1.54) is 57.5 Å². The molecule has 0 aromatic carbocycles. The van der Waals surface area contributed by atoms with Crippen molar-refractivity contribution >= 4 is 11.3 Å². The number of piperidine rings is 1. The Morgan fingerprint density at radius 1 is 1.35 bits per heavy atom. The molecule has 94 valence electrons. The number of thiophene rings is 1. The highest BCUT2D eigenvalue weighted by Gasteiger charge is 2.38.